The predicted octanol–water partition coefficient (Wildman–Crippen LogP) is 3.51. The number of nitrogens with zero attached hydrogens (tertiary/aromatic N) is 3. The standard InChI is InChI=1S/C23H25N3O3/c1-15-12-16(2)14-25(13-15)23(28)21-19-6-4-5-7-20(19)22(27)26(24-21)17-8-10-18(29-3)11-9-17/h4-11,15-16H,12-14H2,1-3H3/t15-,16-/m1/s1. The molecule has 0 saturated carbocycles. The van der Waals surface area contributed by atoms with E-state index in [-0.39, 0.29) is 11.5 Å². The van der Waals surface area contributed by atoms with E-state index in [2.05, 4.69) is 18.9 Å². The molecule has 2 aromatic carbocycles. The first kappa shape index (κ1) is 19.2. The topological polar surface area (TPSA) is 64.4 Å². The minimum Gasteiger partial charge on any atom is -0.497 e. The van der Waals surface area contributed by atoms with Crippen LogP contribution in [-0.4, -0.2) is 40.8 Å². The van der Waals surface area contributed by atoms with Gasteiger partial charge in [-0.25, -0.2) is 0 Å². The van der Waals surface area contributed by atoms with Crippen LogP contribution in [0.3, 0.4) is 0 Å². The highest BCUT2D eigenvalue weighted by atomic mass is 16.5. The van der Waals surface area contributed by atoms with Crippen molar-refractivity contribution in [3.63, 3.8) is 0 Å². The number of likely N-dealkylation sites (tertiary alicyclic amines) is 1. The quantitative estimate of drug-likeness (QED) is 0.685. The van der Waals surface area contributed by atoms with Gasteiger partial charge in [0.2, 0.25) is 0 Å². The van der Waals surface area contributed by atoms with Gasteiger partial charge >= 0.3 is 0 Å². The van der Waals surface area contributed by atoms with Crippen molar-refractivity contribution in [3.8, 4) is 11.4 Å². The summed E-state index contributed by atoms with van der Waals surface area (Å²) in [4.78, 5) is 28.4. The molecule has 3 aromatic rings. The summed E-state index contributed by atoms with van der Waals surface area (Å²) in [5, 5.41) is 5.60. The molecule has 6 nitrogen and oxygen atoms in total. The number of rotatable bonds is 3. The van der Waals surface area contributed by atoms with E-state index in [1.807, 2.05) is 11.0 Å². The first-order valence-corrected chi connectivity index (χ1v) is 9.93. The summed E-state index contributed by atoms with van der Waals surface area (Å²) in [7, 11) is 1.59. The Morgan fingerprint density at radius 2 is 1.62 bits per heavy atom. The minimum absolute atomic E-state index is 0.123. The van der Waals surface area contributed by atoms with Crippen molar-refractivity contribution >= 4 is 16.7 Å². The molecular weight excluding hydrogens is 366 g/mol. The van der Waals surface area contributed by atoms with Crippen molar-refractivity contribution in [1.82, 2.24) is 14.7 Å². The number of aromatic nitrogens is 2. The Morgan fingerprint density at radius 3 is 2.24 bits per heavy atom. The Kier molecular flexibility index (Phi) is 5.09. The van der Waals surface area contributed by atoms with E-state index >= 15 is 0 Å². The van der Waals surface area contributed by atoms with Gasteiger partial charge in [0.1, 0.15) is 5.75 Å². The summed E-state index contributed by atoms with van der Waals surface area (Å²) in [6.07, 6.45) is 1.11. The number of piperidine rings is 1. The number of methoxy groups -OCH3 is 1. The van der Waals surface area contributed by atoms with E-state index in [9.17, 15) is 9.59 Å². The van der Waals surface area contributed by atoms with Crippen LogP contribution < -0.4 is 10.3 Å². The number of hydrogen-bond donors (Lipinski definition) is 0. The van der Waals surface area contributed by atoms with Crippen LogP contribution in [0.25, 0.3) is 16.5 Å². The molecule has 2 heterocycles. The maximum absolute atomic E-state index is 13.4. The zero-order chi connectivity index (χ0) is 20.5. The summed E-state index contributed by atoms with van der Waals surface area (Å²) in [6, 6.07) is 14.3. The molecule has 0 spiro atoms. The van der Waals surface area contributed by atoms with E-state index in [4.69, 9.17) is 4.74 Å². The Balaban J connectivity index is 1.85. The van der Waals surface area contributed by atoms with Crippen molar-refractivity contribution < 1.29 is 9.53 Å². The van der Waals surface area contributed by atoms with Gasteiger partial charge < -0.3 is 9.64 Å². The molecule has 1 aliphatic heterocycles. The second kappa shape index (κ2) is 7.70. The Bertz CT molecular complexity index is 1090. The number of fused-ring (bicyclic) bond motifs is 1. The number of carbonyl (C=O) groups excluding carboxylic acids is 1. The zero-order valence-electron chi connectivity index (χ0n) is 17.0. The average molecular weight is 391 g/mol. The van der Waals surface area contributed by atoms with Gasteiger partial charge in [-0.05, 0) is 48.6 Å². The fourth-order valence-corrected chi connectivity index (χ4v) is 4.22. The largest absolute Gasteiger partial charge is 0.497 e. The average Bonchev–Trinajstić information content (AvgIpc) is 2.73. The summed E-state index contributed by atoms with van der Waals surface area (Å²) in [5.74, 6) is 1.46. The molecule has 1 amide bonds. The maximum Gasteiger partial charge on any atom is 0.279 e. The lowest BCUT2D eigenvalue weighted by Gasteiger charge is -2.35. The maximum atomic E-state index is 13.4. The molecular formula is C23H25N3O3. The third-order valence-corrected chi connectivity index (χ3v) is 5.48. The highest BCUT2D eigenvalue weighted by Crippen LogP contribution is 2.24. The lowest BCUT2D eigenvalue weighted by atomic mass is 9.91. The molecule has 0 unspecified atom stereocenters. The molecule has 0 radical (unpaired) electrons. The SMILES string of the molecule is COc1ccc(-n2nc(C(=O)N3C[C@H](C)C[C@@H](C)C3)c3ccccc3c2=O)cc1. The summed E-state index contributed by atoms with van der Waals surface area (Å²) in [6.45, 7) is 5.75. The Hall–Kier alpha value is -3.15. The van der Waals surface area contributed by atoms with E-state index in [0.29, 0.717) is 52.8 Å². The second-order valence-electron chi connectivity index (χ2n) is 7.97. The van der Waals surface area contributed by atoms with Crippen LogP contribution in [0.5, 0.6) is 5.75 Å². The number of hydrogen-bond acceptors (Lipinski definition) is 4. The molecule has 1 aliphatic rings. The van der Waals surface area contributed by atoms with Gasteiger partial charge in [0, 0.05) is 18.5 Å². The number of ether oxygens (including phenoxy) is 1. The molecule has 29 heavy (non-hydrogen) atoms. The molecule has 150 valence electrons. The fourth-order valence-electron chi connectivity index (χ4n) is 4.22. The normalized spacial score (nSPS) is 19.3. The molecule has 0 aliphatic carbocycles. The monoisotopic (exact) mass is 391 g/mol. The summed E-state index contributed by atoms with van der Waals surface area (Å²) >= 11 is 0. The van der Waals surface area contributed by atoms with Crippen molar-refractivity contribution in [3.05, 3.63) is 64.6 Å². The molecule has 1 saturated heterocycles. The predicted molar refractivity (Wildman–Crippen MR) is 113 cm³/mol. The van der Waals surface area contributed by atoms with Gasteiger partial charge in [-0.15, -0.1) is 0 Å². The molecule has 0 N–H and O–H groups in total. The second-order valence-corrected chi connectivity index (χ2v) is 7.97. The molecule has 6 heteroatoms. The van der Waals surface area contributed by atoms with Gasteiger partial charge in [-0.2, -0.15) is 9.78 Å². The zero-order valence-corrected chi connectivity index (χ0v) is 17.0. The van der Waals surface area contributed by atoms with Crippen LogP contribution in [0.15, 0.2) is 53.3 Å². The van der Waals surface area contributed by atoms with Gasteiger partial charge in [-0.1, -0.05) is 32.0 Å². The van der Waals surface area contributed by atoms with Crippen LogP contribution in [0.1, 0.15) is 30.8 Å². The third-order valence-electron chi connectivity index (χ3n) is 5.48. The van der Waals surface area contributed by atoms with Crippen molar-refractivity contribution in [2.24, 2.45) is 11.8 Å². The summed E-state index contributed by atoms with van der Waals surface area (Å²) in [5.41, 5.74) is 0.663. The van der Waals surface area contributed by atoms with E-state index < -0.39 is 0 Å². The van der Waals surface area contributed by atoms with Gasteiger partial charge in [0.25, 0.3) is 11.5 Å². The molecule has 0 bridgehead atoms. The lowest BCUT2D eigenvalue weighted by molar-refractivity contribution is 0.0617. The van der Waals surface area contributed by atoms with Crippen LogP contribution in [0.2, 0.25) is 0 Å². The highest BCUT2D eigenvalue weighted by molar-refractivity contribution is 6.04. The lowest BCUT2D eigenvalue weighted by Crippen LogP contribution is -2.43. The van der Waals surface area contributed by atoms with Gasteiger partial charge in [-0.3, -0.25) is 9.59 Å². The molecule has 1 fully saturated rings. The smallest absolute Gasteiger partial charge is 0.279 e. The number of benzene rings is 2. The molecule has 2 atom stereocenters. The summed E-state index contributed by atoms with van der Waals surface area (Å²) < 4.78 is 6.51. The minimum atomic E-state index is -0.248. The Morgan fingerprint density at radius 1 is 1.00 bits per heavy atom. The van der Waals surface area contributed by atoms with Gasteiger partial charge in [0.15, 0.2) is 5.69 Å². The van der Waals surface area contributed by atoms with Crippen molar-refractivity contribution in [2.45, 2.75) is 20.3 Å². The Labute approximate surface area is 169 Å². The fraction of sp³-hybridized carbons (Fsp3) is 0.348. The van der Waals surface area contributed by atoms with Crippen LogP contribution >= 0.6 is 0 Å². The van der Waals surface area contributed by atoms with E-state index in [1.165, 1.54) is 4.68 Å². The molecule has 1 aromatic heterocycles. The molecule has 4 rings (SSSR count). The van der Waals surface area contributed by atoms with Gasteiger partial charge in [0.05, 0.1) is 18.2 Å². The van der Waals surface area contributed by atoms with E-state index in [0.717, 1.165) is 6.42 Å². The number of carbonyl (C=O) groups is 1. The van der Waals surface area contributed by atoms with Crippen LogP contribution in [0, 0.1) is 11.8 Å². The highest BCUT2D eigenvalue weighted by Gasteiger charge is 2.28. The van der Waals surface area contributed by atoms with Crippen molar-refractivity contribution in [1.29, 1.82) is 0 Å². The van der Waals surface area contributed by atoms with Crippen LogP contribution in [0.4, 0.5) is 0 Å². The van der Waals surface area contributed by atoms with Crippen molar-refractivity contribution in [2.75, 3.05) is 20.2 Å². The van der Waals surface area contributed by atoms with Crippen LogP contribution in [-0.2, 0) is 0 Å². The number of amides is 1. The first-order valence-electron chi connectivity index (χ1n) is 9.93. The van der Waals surface area contributed by atoms with E-state index in [1.54, 1.807) is 49.6 Å². The first-order chi connectivity index (χ1) is 14.0. The third kappa shape index (κ3) is 3.62.